The third-order valence-electron chi connectivity index (χ3n) is 4.34. The first kappa shape index (κ1) is 16.2. The SMILES string of the molecule is CCN1C[C@H](C(=O)NCc2ccccc2Cn2cncn2)CC1=O. The number of carbonyl (C=O) groups excluding carboxylic acids is 2. The molecular formula is C17H21N5O2. The Bertz CT molecular complexity index is 714. The van der Waals surface area contributed by atoms with Crippen molar-refractivity contribution < 1.29 is 9.59 Å². The van der Waals surface area contributed by atoms with Crippen molar-refractivity contribution in [1.29, 1.82) is 0 Å². The van der Waals surface area contributed by atoms with Crippen LogP contribution in [-0.4, -0.2) is 44.6 Å². The number of amides is 2. The van der Waals surface area contributed by atoms with E-state index < -0.39 is 0 Å². The lowest BCUT2D eigenvalue weighted by molar-refractivity contribution is -0.128. The summed E-state index contributed by atoms with van der Waals surface area (Å²) in [6.45, 7) is 4.15. The molecule has 1 atom stereocenters. The molecule has 1 fully saturated rings. The highest BCUT2D eigenvalue weighted by molar-refractivity contribution is 5.89. The maximum atomic E-state index is 12.3. The number of carbonyl (C=O) groups is 2. The van der Waals surface area contributed by atoms with Gasteiger partial charge >= 0.3 is 0 Å². The predicted octanol–water partition coefficient (Wildman–Crippen LogP) is 0.811. The minimum atomic E-state index is -0.250. The smallest absolute Gasteiger partial charge is 0.225 e. The van der Waals surface area contributed by atoms with Crippen LogP contribution in [0.2, 0.25) is 0 Å². The predicted molar refractivity (Wildman–Crippen MR) is 87.8 cm³/mol. The second kappa shape index (κ2) is 7.25. The Morgan fingerprint density at radius 1 is 1.33 bits per heavy atom. The van der Waals surface area contributed by atoms with E-state index in [9.17, 15) is 9.59 Å². The molecule has 0 aliphatic carbocycles. The fourth-order valence-corrected chi connectivity index (χ4v) is 2.95. The van der Waals surface area contributed by atoms with E-state index in [0.717, 1.165) is 11.1 Å². The van der Waals surface area contributed by atoms with E-state index in [0.29, 0.717) is 32.6 Å². The Morgan fingerprint density at radius 2 is 2.12 bits per heavy atom. The van der Waals surface area contributed by atoms with Crippen molar-refractivity contribution in [2.45, 2.75) is 26.4 Å². The van der Waals surface area contributed by atoms with Gasteiger partial charge in [-0.05, 0) is 18.1 Å². The number of benzene rings is 1. The minimum Gasteiger partial charge on any atom is -0.352 e. The molecular weight excluding hydrogens is 306 g/mol. The molecule has 0 unspecified atom stereocenters. The van der Waals surface area contributed by atoms with Gasteiger partial charge in [0.05, 0.1) is 12.5 Å². The second-order valence-corrected chi connectivity index (χ2v) is 5.91. The minimum absolute atomic E-state index is 0.0595. The van der Waals surface area contributed by atoms with E-state index in [1.54, 1.807) is 15.9 Å². The standard InChI is InChI=1S/C17H21N5O2/c1-2-21-9-15(7-16(21)23)17(24)19-8-13-5-3-4-6-14(13)10-22-12-18-11-20-22/h3-6,11-12,15H,2,7-10H2,1H3,(H,19,24)/t15-/m1/s1. The van der Waals surface area contributed by atoms with Gasteiger partial charge < -0.3 is 10.2 Å². The van der Waals surface area contributed by atoms with Crippen LogP contribution in [0.25, 0.3) is 0 Å². The van der Waals surface area contributed by atoms with Gasteiger partial charge in [-0.1, -0.05) is 24.3 Å². The molecule has 1 aliphatic heterocycles. The molecule has 1 N–H and O–H groups in total. The molecule has 24 heavy (non-hydrogen) atoms. The lowest BCUT2D eigenvalue weighted by Gasteiger charge is -2.15. The van der Waals surface area contributed by atoms with Crippen LogP contribution < -0.4 is 5.32 Å². The molecule has 2 heterocycles. The number of likely N-dealkylation sites (tertiary alicyclic amines) is 1. The Balaban J connectivity index is 1.60. The van der Waals surface area contributed by atoms with E-state index in [1.807, 2.05) is 31.2 Å². The van der Waals surface area contributed by atoms with Crippen molar-refractivity contribution in [2.75, 3.05) is 13.1 Å². The molecule has 1 aromatic heterocycles. The average molecular weight is 327 g/mol. The summed E-state index contributed by atoms with van der Waals surface area (Å²) in [5.41, 5.74) is 2.12. The van der Waals surface area contributed by atoms with Gasteiger partial charge in [-0.3, -0.25) is 9.59 Å². The fourth-order valence-electron chi connectivity index (χ4n) is 2.95. The van der Waals surface area contributed by atoms with Gasteiger partial charge in [0.15, 0.2) is 0 Å². The molecule has 0 radical (unpaired) electrons. The monoisotopic (exact) mass is 327 g/mol. The third kappa shape index (κ3) is 3.61. The normalized spacial score (nSPS) is 17.3. The van der Waals surface area contributed by atoms with Crippen LogP contribution >= 0.6 is 0 Å². The van der Waals surface area contributed by atoms with E-state index in [-0.39, 0.29) is 17.7 Å². The summed E-state index contributed by atoms with van der Waals surface area (Å²) in [6.07, 6.45) is 3.47. The summed E-state index contributed by atoms with van der Waals surface area (Å²) >= 11 is 0. The Kier molecular flexibility index (Phi) is 4.88. The zero-order valence-corrected chi connectivity index (χ0v) is 13.7. The number of nitrogens with zero attached hydrogens (tertiary/aromatic N) is 4. The molecule has 1 aromatic carbocycles. The van der Waals surface area contributed by atoms with Crippen LogP contribution in [0.3, 0.4) is 0 Å². The van der Waals surface area contributed by atoms with Gasteiger partial charge in [-0.15, -0.1) is 0 Å². The van der Waals surface area contributed by atoms with Crippen LogP contribution in [0.1, 0.15) is 24.5 Å². The Hall–Kier alpha value is -2.70. The van der Waals surface area contributed by atoms with Crippen LogP contribution in [-0.2, 0) is 22.7 Å². The Labute approximate surface area is 140 Å². The molecule has 1 aliphatic rings. The van der Waals surface area contributed by atoms with Crippen LogP contribution in [0, 0.1) is 5.92 Å². The van der Waals surface area contributed by atoms with E-state index in [1.165, 1.54) is 6.33 Å². The topological polar surface area (TPSA) is 80.1 Å². The van der Waals surface area contributed by atoms with Gasteiger partial charge in [0.25, 0.3) is 0 Å². The van der Waals surface area contributed by atoms with Gasteiger partial charge in [-0.2, -0.15) is 5.10 Å². The third-order valence-corrected chi connectivity index (χ3v) is 4.34. The molecule has 7 nitrogen and oxygen atoms in total. The second-order valence-electron chi connectivity index (χ2n) is 5.91. The van der Waals surface area contributed by atoms with Crippen molar-refractivity contribution in [1.82, 2.24) is 25.0 Å². The Morgan fingerprint density at radius 3 is 2.79 bits per heavy atom. The molecule has 0 saturated carbocycles. The largest absolute Gasteiger partial charge is 0.352 e. The summed E-state index contributed by atoms with van der Waals surface area (Å²) < 4.78 is 1.75. The van der Waals surface area contributed by atoms with Gasteiger partial charge in [0.2, 0.25) is 11.8 Å². The molecule has 0 spiro atoms. The van der Waals surface area contributed by atoms with Gasteiger partial charge in [0.1, 0.15) is 12.7 Å². The zero-order chi connectivity index (χ0) is 16.9. The first-order chi connectivity index (χ1) is 11.7. The van der Waals surface area contributed by atoms with Crippen LogP contribution in [0.15, 0.2) is 36.9 Å². The fraction of sp³-hybridized carbons (Fsp3) is 0.412. The summed E-state index contributed by atoms with van der Waals surface area (Å²) in [4.78, 5) is 29.8. The highest BCUT2D eigenvalue weighted by Gasteiger charge is 2.33. The molecule has 1 saturated heterocycles. The first-order valence-corrected chi connectivity index (χ1v) is 8.12. The number of hydrogen-bond donors (Lipinski definition) is 1. The lowest BCUT2D eigenvalue weighted by Crippen LogP contribution is -2.32. The van der Waals surface area contributed by atoms with Crippen molar-refractivity contribution in [3.05, 3.63) is 48.0 Å². The van der Waals surface area contributed by atoms with Crippen LogP contribution in [0.5, 0.6) is 0 Å². The number of hydrogen-bond acceptors (Lipinski definition) is 4. The zero-order valence-electron chi connectivity index (χ0n) is 13.7. The number of rotatable bonds is 6. The molecule has 7 heteroatoms. The quantitative estimate of drug-likeness (QED) is 0.851. The number of nitrogens with one attached hydrogen (secondary N) is 1. The van der Waals surface area contributed by atoms with Crippen molar-refractivity contribution >= 4 is 11.8 Å². The first-order valence-electron chi connectivity index (χ1n) is 8.12. The van der Waals surface area contributed by atoms with Crippen molar-refractivity contribution in [3.8, 4) is 0 Å². The van der Waals surface area contributed by atoms with Crippen LogP contribution in [0.4, 0.5) is 0 Å². The summed E-state index contributed by atoms with van der Waals surface area (Å²) in [5.74, 6) is -0.251. The lowest BCUT2D eigenvalue weighted by atomic mass is 10.1. The van der Waals surface area contributed by atoms with Gasteiger partial charge in [0, 0.05) is 26.1 Å². The highest BCUT2D eigenvalue weighted by atomic mass is 16.2. The van der Waals surface area contributed by atoms with Gasteiger partial charge in [-0.25, -0.2) is 9.67 Å². The van der Waals surface area contributed by atoms with E-state index >= 15 is 0 Å². The van der Waals surface area contributed by atoms with E-state index in [4.69, 9.17) is 0 Å². The summed E-state index contributed by atoms with van der Waals surface area (Å²) in [7, 11) is 0. The summed E-state index contributed by atoms with van der Waals surface area (Å²) in [6, 6.07) is 7.92. The highest BCUT2D eigenvalue weighted by Crippen LogP contribution is 2.18. The average Bonchev–Trinajstić information content (AvgIpc) is 3.23. The van der Waals surface area contributed by atoms with Crippen molar-refractivity contribution in [2.24, 2.45) is 5.92 Å². The molecule has 3 rings (SSSR count). The molecule has 2 aromatic rings. The summed E-state index contributed by atoms with van der Waals surface area (Å²) in [5, 5.41) is 7.08. The maximum absolute atomic E-state index is 12.3. The molecule has 126 valence electrons. The van der Waals surface area contributed by atoms with Crippen molar-refractivity contribution in [3.63, 3.8) is 0 Å². The molecule has 0 bridgehead atoms. The maximum Gasteiger partial charge on any atom is 0.225 e. The molecule has 2 amide bonds. The van der Waals surface area contributed by atoms with E-state index in [2.05, 4.69) is 15.4 Å². The number of aromatic nitrogens is 3.